The number of rotatable bonds is 4. The molecule has 4 rings (SSSR count). The molecule has 1 amide bonds. The molecule has 7 heteroatoms. The van der Waals surface area contributed by atoms with E-state index in [1.165, 1.54) is 12.1 Å². The van der Waals surface area contributed by atoms with Crippen molar-refractivity contribution >= 4 is 11.6 Å². The third-order valence-corrected chi connectivity index (χ3v) is 5.80. The first-order valence-corrected chi connectivity index (χ1v) is 10.9. The van der Waals surface area contributed by atoms with Crippen molar-refractivity contribution in [1.82, 2.24) is 14.7 Å². The van der Waals surface area contributed by atoms with Gasteiger partial charge in [-0.25, -0.2) is 9.07 Å². The number of hydrogen-bond acceptors (Lipinski definition) is 4. The van der Waals surface area contributed by atoms with Crippen molar-refractivity contribution in [3.63, 3.8) is 0 Å². The molecule has 0 N–H and O–H groups in total. The van der Waals surface area contributed by atoms with Gasteiger partial charge in [0.1, 0.15) is 5.82 Å². The third kappa shape index (κ3) is 4.35. The zero-order valence-corrected chi connectivity index (χ0v) is 18.3. The quantitative estimate of drug-likeness (QED) is 0.616. The number of benzene rings is 2. The fourth-order valence-electron chi connectivity index (χ4n) is 4.16. The molecule has 2 heterocycles. The number of anilines is 1. The Balaban J connectivity index is 1.54. The van der Waals surface area contributed by atoms with Gasteiger partial charge in [-0.05, 0) is 60.9 Å². The Bertz CT molecular complexity index is 1130. The van der Waals surface area contributed by atoms with E-state index < -0.39 is 0 Å². The second kappa shape index (κ2) is 9.23. The highest BCUT2D eigenvalue weighted by Gasteiger charge is 2.26. The molecule has 2 aromatic carbocycles. The number of carbonyl (C=O) groups excluding carboxylic acids is 1. The second-order valence-corrected chi connectivity index (χ2v) is 8.28. The summed E-state index contributed by atoms with van der Waals surface area (Å²) in [5.74, 6) is -0.257. The van der Waals surface area contributed by atoms with Crippen molar-refractivity contribution in [2.24, 2.45) is 0 Å². The van der Waals surface area contributed by atoms with Crippen molar-refractivity contribution in [3.8, 4) is 11.8 Å². The van der Waals surface area contributed by atoms with E-state index in [9.17, 15) is 9.18 Å². The van der Waals surface area contributed by atoms with Crippen molar-refractivity contribution in [2.75, 3.05) is 31.1 Å². The van der Waals surface area contributed by atoms with Crippen LogP contribution in [0, 0.1) is 17.1 Å². The molecule has 0 bridgehead atoms. The fraction of sp³-hybridized carbons (Fsp3) is 0.320. The van der Waals surface area contributed by atoms with Crippen LogP contribution in [-0.4, -0.2) is 46.8 Å². The molecule has 0 radical (unpaired) electrons. The van der Waals surface area contributed by atoms with Gasteiger partial charge in [0.2, 0.25) is 0 Å². The molecular formula is C25H26FN5O. The van der Waals surface area contributed by atoms with Crippen molar-refractivity contribution < 1.29 is 9.18 Å². The molecule has 0 saturated carbocycles. The average Bonchev–Trinajstić information content (AvgIpc) is 3.10. The van der Waals surface area contributed by atoms with Crippen LogP contribution in [0.2, 0.25) is 0 Å². The summed E-state index contributed by atoms with van der Waals surface area (Å²) in [6, 6.07) is 15.8. The van der Waals surface area contributed by atoms with Crippen LogP contribution in [0.5, 0.6) is 0 Å². The summed E-state index contributed by atoms with van der Waals surface area (Å²) in [4.78, 5) is 17.6. The lowest BCUT2D eigenvalue weighted by atomic mass is 10.0. The topological polar surface area (TPSA) is 65.2 Å². The predicted octanol–water partition coefficient (Wildman–Crippen LogP) is 4.36. The molecular weight excluding hydrogens is 405 g/mol. The lowest BCUT2D eigenvalue weighted by Gasteiger charge is -2.24. The van der Waals surface area contributed by atoms with Crippen LogP contribution in [0.3, 0.4) is 0 Å². The largest absolute Gasteiger partial charge is 0.370 e. The molecule has 1 fully saturated rings. The maximum Gasteiger partial charge on any atom is 0.257 e. The predicted molar refractivity (Wildman–Crippen MR) is 122 cm³/mol. The Kier molecular flexibility index (Phi) is 6.22. The van der Waals surface area contributed by atoms with E-state index in [-0.39, 0.29) is 17.6 Å². The highest BCUT2D eigenvalue weighted by atomic mass is 19.1. The van der Waals surface area contributed by atoms with E-state index in [0.29, 0.717) is 24.2 Å². The molecule has 164 valence electrons. The van der Waals surface area contributed by atoms with Gasteiger partial charge in [-0.2, -0.15) is 10.4 Å². The summed E-state index contributed by atoms with van der Waals surface area (Å²) < 4.78 is 15.1. The molecule has 0 spiro atoms. The standard InChI is InChI=1S/C25H26FN5O/c1-18(2)24-23(17-28-31(24)22-10-6-20(26)7-11-22)25(32)30-13-3-12-29(14-15-30)21-8-4-19(16-27)5-9-21/h4-11,17-18H,3,12-15H2,1-2H3. The van der Waals surface area contributed by atoms with Gasteiger partial charge < -0.3 is 9.80 Å². The minimum Gasteiger partial charge on any atom is -0.370 e. The molecule has 3 aromatic rings. The van der Waals surface area contributed by atoms with Gasteiger partial charge >= 0.3 is 0 Å². The van der Waals surface area contributed by atoms with Gasteiger partial charge in [-0.15, -0.1) is 0 Å². The summed E-state index contributed by atoms with van der Waals surface area (Å²) in [6.45, 7) is 6.91. The van der Waals surface area contributed by atoms with Gasteiger partial charge in [-0.1, -0.05) is 13.8 Å². The van der Waals surface area contributed by atoms with E-state index in [1.54, 1.807) is 23.0 Å². The Morgan fingerprint density at radius 3 is 2.34 bits per heavy atom. The molecule has 0 aliphatic carbocycles. The number of carbonyl (C=O) groups is 1. The maximum atomic E-state index is 13.5. The molecule has 32 heavy (non-hydrogen) atoms. The van der Waals surface area contributed by atoms with Crippen molar-refractivity contribution in [1.29, 1.82) is 5.26 Å². The smallest absolute Gasteiger partial charge is 0.257 e. The Morgan fingerprint density at radius 2 is 1.69 bits per heavy atom. The van der Waals surface area contributed by atoms with E-state index >= 15 is 0 Å². The highest BCUT2D eigenvalue weighted by Crippen LogP contribution is 2.25. The molecule has 1 saturated heterocycles. The zero-order valence-electron chi connectivity index (χ0n) is 18.3. The van der Waals surface area contributed by atoms with Gasteiger partial charge in [0.25, 0.3) is 5.91 Å². The van der Waals surface area contributed by atoms with Crippen LogP contribution >= 0.6 is 0 Å². The summed E-state index contributed by atoms with van der Waals surface area (Å²) in [7, 11) is 0. The number of amides is 1. The highest BCUT2D eigenvalue weighted by molar-refractivity contribution is 5.95. The normalized spacial score (nSPS) is 14.3. The second-order valence-electron chi connectivity index (χ2n) is 8.28. The summed E-state index contributed by atoms with van der Waals surface area (Å²) in [6.07, 6.45) is 2.49. The minimum absolute atomic E-state index is 0.0243. The number of nitrogens with zero attached hydrogens (tertiary/aromatic N) is 5. The number of hydrogen-bond donors (Lipinski definition) is 0. The number of aromatic nitrogens is 2. The van der Waals surface area contributed by atoms with E-state index in [4.69, 9.17) is 5.26 Å². The van der Waals surface area contributed by atoms with Crippen molar-refractivity contribution in [2.45, 2.75) is 26.2 Å². The van der Waals surface area contributed by atoms with E-state index in [0.717, 1.165) is 36.6 Å². The first-order chi connectivity index (χ1) is 15.5. The van der Waals surface area contributed by atoms with Gasteiger partial charge in [0.05, 0.1) is 34.8 Å². The zero-order chi connectivity index (χ0) is 22.7. The number of halogens is 1. The first kappa shape index (κ1) is 21.6. The van der Waals surface area contributed by atoms with E-state index in [1.807, 2.05) is 43.0 Å². The van der Waals surface area contributed by atoms with Crippen LogP contribution in [0.4, 0.5) is 10.1 Å². The molecule has 1 aromatic heterocycles. The molecule has 1 aliphatic heterocycles. The monoisotopic (exact) mass is 431 g/mol. The van der Waals surface area contributed by atoms with Gasteiger partial charge in [-0.3, -0.25) is 4.79 Å². The molecule has 1 aliphatic rings. The summed E-state index contributed by atoms with van der Waals surface area (Å²) in [5.41, 5.74) is 3.85. The molecule has 0 atom stereocenters. The average molecular weight is 432 g/mol. The maximum absolute atomic E-state index is 13.5. The van der Waals surface area contributed by atoms with Gasteiger partial charge in [0, 0.05) is 31.9 Å². The summed E-state index contributed by atoms with van der Waals surface area (Å²) in [5, 5.41) is 13.5. The SMILES string of the molecule is CC(C)c1c(C(=O)N2CCCN(c3ccc(C#N)cc3)CC2)cnn1-c1ccc(F)cc1. The van der Waals surface area contributed by atoms with Crippen LogP contribution in [0.15, 0.2) is 54.7 Å². The Labute approximate surface area is 187 Å². The lowest BCUT2D eigenvalue weighted by molar-refractivity contribution is 0.0765. The van der Waals surface area contributed by atoms with Gasteiger partial charge in [0.15, 0.2) is 0 Å². The van der Waals surface area contributed by atoms with Crippen LogP contribution in [0.25, 0.3) is 5.69 Å². The van der Waals surface area contributed by atoms with Crippen molar-refractivity contribution in [3.05, 3.63) is 77.4 Å². The first-order valence-electron chi connectivity index (χ1n) is 10.9. The van der Waals surface area contributed by atoms with Crippen LogP contribution in [-0.2, 0) is 0 Å². The van der Waals surface area contributed by atoms with Crippen LogP contribution < -0.4 is 4.90 Å². The Morgan fingerprint density at radius 1 is 1.00 bits per heavy atom. The van der Waals surface area contributed by atoms with Crippen LogP contribution in [0.1, 0.15) is 47.8 Å². The third-order valence-electron chi connectivity index (χ3n) is 5.80. The molecule has 0 unspecified atom stereocenters. The minimum atomic E-state index is -0.306. The number of nitriles is 1. The fourth-order valence-corrected chi connectivity index (χ4v) is 4.16. The molecule has 6 nitrogen and oxygen atoms in total. The van der Waals surface area contributed by atoms with E-state index in [2.05, 4.69) is 16.1 Å². The lowest BCUT2D eigenvalue weighted by Crippen LogP contribution is -2.35. The Hall–Kier alpha value is -3.66. The summed E-state index contributed by atoms with van der Waals surface area (Å²) >= 11 is 0.